The van der Waals surface area contributed by atoms with Crippen molar-refractivity contribution in [3.8, 4) is 11.6 Å². The maximum absolute atomic E-state index is 12.8. The minimum absolute atomic E-state index is 0.00662. The van der Waals surface area contributed by atoms with Crippen LogP contribution in [0.15, 0.2) is 39.0 Å². The number of primary amides is 1. The van der Waals surface area contributed by atoms with Gasteiger partial charge in [0.15, 0.2) is 12.3 Å². The molecule has 0 radical (unpaired) electrons. The first-order chi connectivity index (χ1) is 16.5. The Kier molecular flexibility index (Phi) is 7.38. The number of aromatic nitrogens is 5. The predicted octanol–water partition coefficient (Wildman–Crippen LogP) is 0.196. The van der Waals surface area contributed by atoms with Gasteiger partial charge >= 0.3 is 0 Å². The number of nitrogens with zero attached hydrogens (tertiary/aromatic N) is 7. The molecule has 34 heavy (non-hydrogen) atoms. The van der Waals surface area contributed by atoms with Crippen LogP contribution in [0, 0.1) is 0 Å². The van der Waals surface area contributed by atoms with E-state index in [4.69, 9.17) is 16.2 Å². The van der Waals surface area contributed by atoms with Crippen LogP contribution in [0.1, 0.15) is 21.7 Å². The number of rotatable bonds is 9. The van der Waals surface area contributed by atoms with E-state index in [1.165, 1.54) is 22.7 Å². The van der Waals surface area contributed by atoms with Crippen LogP contribution in [0.4, 0.5) is 5.82 Å². The van der Waals surface area contributed by atoms with Crippen molar-refractivity contribution in [1.82, 2.24) is 30.7 Å². The lowest BCUT2D eigenvalue weighted by Crippen LogP contribution is -2.20. The molecule has 0 fully saturated rings. The minimum Gasteiger partial charge on any atom is -0.484 e. The Morgan fingerprint density at radius 2 is 2.26 bits per heavy atom. The monoisotopic (exact) mass is 502 g/mol. The molecule has 14 nitrogen and oxygen atoms in total. The number of hydrogen-bond acceptors (Lipinski definition) is 13. The van der Waals surface area contributed by atoms with Crippen molar-refractivity contribution < 1.29 is 19.0 Å². The third-order valence-electron chi connectivity index (χ3n) is 4.18. The minimum atomic E-state index is -0.588. The zero-order chi connectivity index (χ0) is 23.9. The molecule has 5 N–H and O–H groups in total. The third-order valence-corrected chi connectivity index (χ3v) is 6.45. The Hall–Kier alpha value is -3.92. The van der Waals surface area contributed by atoms with E-state index >= 15 is 0 Å². The molecule has 16 heteroatoms. The van der Waals surface area contributed by atoms with Crippen molar-refractivity contribution >= 4 is 51.7 Å². The maximum atomic E-state index is 12.8. The number of nitrogens with two attached hydrogens (primary N) is 2. The van der Waals surface area contributed by atoms with Crippen LogP contribution in [0.3, 0.4) is 0 Å². The predicted molar refractivity (Wildman–Crippen MR) is 126 cm³/mol. The second-order valence-electron chi connectivity index (χ2n) is 6.58. The summed E-state index contributed by atoms with van der Waals surface area (Å²) in [6, 6.07) is 6.75. The summed E-state index contributed by atoms with van der Waals surface area (Å²) < 4.78 is 12.1. The molecule has 2 aromatic heterocycles. The van der Waals surface area contributed by atoms with E-state index in [9.17, 15) is 9.59 Å². The smallest absolute Gasteiger partial charge is 0.293 e. The van der Waals surface area contributed by atoms with Gasteiger partial charge in [0.05, 0.1) is 18.5 Å². The molecule has 0 aliphatic carbocycles. The number of amides is 2. The molecule has 0 spiro atoms. The lowest BCUT2D eigenvalue weighted by atomic mass is 10.2. The summed E-state index contributed by atoms with van der Waals surface area (Å²) in [5.41, 5.74) is 14.4. The molecule has 3 heterocycles. The van der Waals surface area contributed by atoms with Gasteiger partial charge in [-0.15, -0.1) is 5.10 Å². The molecule has 1 aliphatic heterocycles. The van der Waals surface area contributed by atoms with Crippen LogP contribution in [-0.4, -0.2) is 66.6 Å². The first kappa shape index (κ1) is 23.2. The molecule has 0 saturated carbocycles. The summed E-state index contributed by atoms with van der Waals surface area (Å²) in [7, 11) is 0. The fraction of sp³-hybridized carbons (Fsp3) is 0.222. The van der Waals surface area contributed by atoms with Crippen molar-refractivity contribution in [2.24, 2.45) is 15.8 Å². The van der Waals surface area contributed by atoms with Gasteiger partial charge in [0.25, 0.3) is 11.8 Å². The number of hydrogen-bond donors (Lipinski definition) is 3. The summed E-state index contributed by atoms with van der Waals surface area (Å²) in [5.74, 6) is 0.632. The Balaban J connectivity index is 1.49. The van der Waals surface area contributed by atoms with Gasteiger partial charge in [-0.1, -0.05) is 40.9 Å². The van der Waals surface area contributed by atoms with Gasteiger partial charge < -0.3 is 16.2 Å². The van der Waals surface area contributed by atoms with Gasteiger partial charge in [0.2, 0.25) is 11.6 Å². The standard InChI is InChI=1S/C18H18N10O4S2/c19-13(29)8-31-11-3-1-2-10(6-11)7-22-24-17(30)14-12(9-34-18-21-4-5-33-18)28(27-23-14)16-15(20)25-32-26-16/h1-3,6-7H,4-5,8-9H2,(H2,19,29)(H2,20,25)(H,24,30)/b22-7+. The number of thioether (sulfide) groups is 2. The molecule has 0 bridgehead atoms. The molecule has 0 unspecified atom stereocenters. The van der Waals surface area contributed by atoms with Crippen LogP contribution in [0.25, 0.3) is 5.82 Å². The SMILES string of the molecule is NC(=O)COc1cccc(/C=N/NC(=O)c2nnn(-c3nonc3N)c2CSC2=NCCS2)c1. The Morgan fingerprint density at radius 3 is 3.00 bits per heavy atom. The Morgan fingerprint density at radius 1 is 1.38 bits per heavy atom. The van der Waals surface area contributed by atoms with Crippen molar-refractivity contribution in [3.05, 3.63) is 41.2 Å². The normalized spacial score (nSPS) is 13.2. The fourth-order valence-corrected chi connectivity index (χ4v) is 4.71. The number of nitrogens with one attached hydrogen (secondary N) is 1. The van der Waals surface area contributed by atoms with E-state index in [1.54, 1.807) is 36.0 Å². The Bertz CT molecular complexity index is 1260. The van der Waals surface area contributed by atoms with Crippen molar-refractivity contribution in [2.75, 3.05) is 24.6 Å². The summed E-state index contributed by atoms with van der Waals surface area (Å²) in [6.07, 6.45) is 1.41. The average Bonchev–Trinajstić information content (AvgIpc) is 3.57. The van der Waals surface area contributed by atoms with Gasteiger partial charge in [0.1, 0.15) is 10.1 Å². The number of ether oxygens (including phenoxy) is 1. The zero-order valence-electron chi connectivity index (χ0n) is 17.4. The molecule has 2 amide bonds. The summed E-state index contributed by atoms with van der Waals surface area (Å²) in [4.78, 5) is 28.1. The largest absolute Gasteiger partial charge is 0.484 e. The number of carbonyl (C=O) groups excluding carboxylic acids is 2. The molecule has 0 saturated heterocycles. The van der Waals surface area contributed by atoms with Crippen LogP contribution >= 0.6 is 23.5 Å². The van der Waals surface area contributed by atoms with E-state index < -0.39 is 11.8 Å². The van der Waals surface area contributed by atoms with Gasteiger partial charge in [0, 0.05) is 11.5 Å². The molecule has 1 aliphatic rings. The van der Waals surface area contributed by atoms with Gasteiger partial charge in [-0.2, -0.15) is 9.78 Å². The quantitative estimate of drug-likeness (QED) is 0.266. The summed E-state index contributed by atoms with van der Waals surface area (Å²) in [5, 5.41) is 19.2. The highest BCUT2D eigenvalue weighted by Gasteiger charge is 2.24. The number of nitrogen functional groups attached to an aromatic ring is 1. The highest BCUT2D eigenvalue weighted by molar-refractivity contribution is 8.38. The zero-order valence-corrected chi connectivity index (χ0v) is 19.1. The first-order valence-corrected chi connectivity index (χ1v) is 11.7. The van der Waals surface area contributed by atoms with E-state index in [2.05, 4.69) is 40.8 Å². The van der Waals surface area contributed by atoms with Crippen LogP contribution in [0.5, 0.6) is 5.75 Å². The second kappa shape index (κ2) is 10.8. The van der Waals surface area contributed by atoms with Crippen LogP contribution in [0.2, 0.25) is 0 Å². The van der Waals surface area contributed by atoms with Gasteiger partial charge in [-0.05, 0) is 28.0 Å². The molecule has 176 valence electrons. The summed E-state index contributed by atoms with van der Waals surface area (Å²) >= 11 is 3.08. The number of carbonyl (C=O) groups is 2. The topological polar surface area (TPSA) is 202 Å². The molecule has 0 atom stereocenters. The third kappa shape index (κ3) is 5.70. The van der Waals surface area contributed by atoms with Gasteiger partial charge in [-0.25, -0.2) is 10.1 Å². The van der Waals surface area contributed by atoms with Crippen molar-refractivity contribution in [2.45, 2.75) is 5.75 Å². The second-order valence-corrected chi connectivity index (χ2v) is 8.89. The van der Waals surface area contributed by atoms with Crippen LogP contribution < -0.4 is 21.6 Å². The number of anilines is 1. The van der Waals surface area contributed by atoms with E-state index in [1.807, 2.05) is 0 Å². The Labute approximate surface area is 200 Å². The van der Waals surface area contributed by atoms with E-state index in [0.29, 0.717) is 22.8 Å². The molecular weight excluding hydrogens is 484 g/mol. The van der Waals surface area contributed by atoms with Crippen molar-refractivity contribution in [1.29, 1.82) is 0 Å². The number of benzene rings is 1. The highest BCUT2D eigenvalue weighted by atomic mass is 32.2. The summed E-state index contributed by atoms with van der Waals surface area (Å²) in [6.45, 7) is 0.506. The van der Waals surface area contributed by atoms with Gasteiger partial charge in [-0.3, -0.25) is 14.6 Å². The number of hydrazone groups is 1. The van der Waals surface area contributed by atoms with E-state index in [0.717, 1.165) is 16.7 Å². The molecule has 3 aromatic rings. The lowest BCUT2D eigenvalue weighted by molar-refractivity contribution is -0.119. The average molecular weight is 503 g/mol. The van der Waals surface area contributed by atoms with E-state index in [-0.39, 0.29) is 23.9 Å². The van der Waals surface area contributed by atoms with Crippen LogP contribution in [-0.2, 0) is 10.5 Å². The number of aliphatic imine (C=N–C) groups is 1. The molecular formula is C18H18N10O4S2. The van der Waals surface area contributed by atoms with Crippen molar-refractivity contribution in [3.63, 3.8) is 0 Å². The molecule has 4 rings (SSSR count). The first-order valence-electron chi connectivity index (χ1n) is 9.69. The molecule has 1 aromatic carbocycles. The fourth-order valence-electron chi connectivity index (χ4n) is 2.71. The maximum Gasteiger partial charge on any atom is 0.293 e. The lowest BCUT2D eigenvalue weighted by Gasteiger charge is -2.05. The highest BCUT2D eigenvalue weighted by Crippen LogP contribution is 2.27.